The van der Waals surface area contributed by atoms with E-state index in [0.717, 1.165) is 24.4 Å². The van der Waals surface area contributed by atoms with Gasteiger partial charge in [-0.3, -0.25) is 9.59 Å². The summed E-state index contributed by atoms with van der Waals surface area (Å²) in [5, 5.41) is 8.86. The third-order valence-corrected chi connectivity index (χ3v) is 3.21. The maximum Gasteiger partial charge on any atom is 0.309 e. The highest BCUT2D eigenvalue weighted by atomic mass is 16.4. The van der Waals surface area contributed by atoms with Gasteiger partial charge in [-0.05, 0) is 19.3 Å². The van der Waals surface area contributed by atoms with E-state index >= 15 is 0 Å². The van der Waals surface area contributed by atoms with Gasteiger partial charge in [0.2, 0.25) is 0 Å². The Morgan fingerprint density at radius 3 is 2.71 bits per heavy atom. The molecule has 2 aliphatic carbocycles. The van der Waals surface area contributed by atoms with Crippen molar-refractivity contribution >= 4 is 11.8 Å². The van der Waals surface area contributed by atoms with Crippen LogP contribution in [0.2, 0.25) is 0 Å². The number of carbonyl (C=O) groups is 2. The summed E-state index contributed by atoms with van der Waals surface area (Å²) in [6.45, 7) is 0. The zero-order valence-corrected chi connectivity index (χ0v) is 9.27. The minimum Gasteiger partial charge on any atom is -0.481 e. The normalized spacial score (nSPS) is 18.2. The number of rotatable bonds is 3. The number of carboxylic acids is 1. The average Bonchev–Trinajstić information content (AvgIpc) is 3.03. The van der Waals surface area contributed by atoms with Crippen LogP contribution < -0.4 is 0 Å². The van der Waals surface area contributed by atoms with Gasteiger partial charge in [0, 0.05) is 12.3 Å². The average molecular weight is 232 g/mol. The Bertz CT molecular complexity index is 521. The maximum atomic E-state index is 11.7. The van der Waals surface area contributed by atoms with Crippen molar-refractivity contribution in [2.24, 2.45) is 0 Å². The first-order valence-corrected chi connectivity index (χ1v) is 5.80. The van der Waals surface area contributed by atoms with Gasteiger partial charge in [0.15, 0.2) is 5.78 Å². The van der Waals surface area contributed by atoms with Crippen molar-refractivity contribution in [1.82, 2.24) is 9.97 Å². The molecule has 0 amide bonds. The first-order chi connectivity index (χ1) is 8.15. The Morgan fingerprint density at radius 2 is 2.06 bits per heavy atom. The van der Waals surface area contributed by atoms with Gasteiger partial charge in [-0.1, -0.05) is 0 Å². The largest absolute Gasteiger partial charge is 0.481 e. The number of carbonyl (C=O) groups excluding carboxylic acids is 1. The van der Waals surface area contributed by atoms with E-state index in [1.807, 2.05) is 0 Å². The highest BCUT2D eigenvalue weighted by molar-refractivity contribution is 6.01. The summed E-state index contributed by atoms with van der Waals surface area (Å²) < 4.78 is 0. The highest BCUT2D eigenvalue weighted by Crippen LogP contribution is 2.39. The molecule has 1 aromatic rings. The van der Waals surface area contributed by atoms with Crippen LogP contribution in [-0.2, 0) is 17.6 Å². The van der Waals surface area contributed by atoms with Crippen molar-refractivity contribution < 1.29 is 14.7 Å². The number of hydrogen-bond acceptors (Lipinski definition) is 4. The number of nitrogens with zero attached hydrogens (tertiary/aromatic N) is 2. The molecular weight excluding hydrogens is 220 g/mol. The lowest BCUT2D eigenvalue weighted by atomic mass is 10.1. The van der Waals surface area contributed by atoms with Crippen LogP contribution in [0.4, 0.5) is 0 Å². The molecule has 1 aromatic heterocycles. The number of aromatic nitrogens is 2. The summed E-state index contributed by atoms with van der Waals surface area (Å²) in [5.74, 6) is 0.143. The minimum atomic E-state index is -0.952. The molecule has 5 nitrogen and oxygen atoms in total. The van der Waals surface area contributed by atoms with E-state index in [-0.39, 0.29) is 12.2 Å². The third kappa shape index (κ3) is 1.81. The second kappa shape index (κ2) is 3.61. The molecule has 0 unspecified atom stereocenters. The molecule has 0 bridgehead atoms. The van der Waals surface area contributed by atoms with Crippen LogP contribution in [0.15, 0.2) is 0 Å². The molecule has 0 aliphatic heterocycles. The van der Waals surface area contributed by atoms with E-state index in [1.165, 1.54) is 0 Å². The van der Waals surface area contributed by atoms with Gasteiger partial charge < -0.3 is 5.11 Å². The number of fused-ring (bicyclic) bond motifs is 1. The number of aryl methyl sites for hydroxylation is 1. The molecule has 5 heteroatoms. The van der Waals surface area contributed by atoms with E-state index in [2.05, 4.69) is 9.97 Å². The van der Waals surface area contributed by atoms with E-state index < -0.39 is 5.97 Å². The predicted molar refractivity (Wildman–Crippen MR) is 58.0 cm³/mol. The Morgan fingerprint density at radius 1 is 1.29 bits per heavy atom. The molecule has 0 aromatic carbocycles. The lowest BCUT2D eigenvalue weighted by molar-refractivity contribution is -0.136. The molecule has 0 radical (unpaired) electrons. The smallest absolute Gasteiger partial charge is 0.309 e. The molecule has 88 valence electrons. The Kier molecular flexibility index (Phi) is 2.21. The van der Waals surface area contributed by atoms with Crippen molar-refractivity contribution in [1.29, 1.82) is 0 Å². The molecule has 2 aliphatic rings. The number of hydrogen-bond donors (Lipinski definition) is 1. The highest BCUT2D eigenvalue weighted by Gasteiger charge is 2.32. The summed E-state index contributed by atoms with van der Waals surface area (Å²) in [7, 11) is 0. The minimum absolute atomic E-state index is 0.0152. The Balaban J connectivity index is 2.09. The number of Topliss-reactive ketones (excluding diaryl/α,β-unsaturated/α-hetero) is 1. The second-order valence-electron chi connectivity index (χ2n) is 4.62. The molecule has 1 saturated carbocycles. The van der Waals surface area contributed by atoms with Crippen LogP contribution in [0.25, 0.3) is 0 Å². The van der Waals surface area contributed by atoms with Gasteiger partial charge >= 0.3 is 5.97 Å². The van der Waals surface area contributed by atoms with Crippen LogP contribution in [0, 0.1) is 0 Å². The fourth-order valence-corrected chi connectivity index (χ4v) is 2.23. The Hall–Kier alpha value is -1.78. The van der Waals surface area contributed by atoms with Crippen molar-refractivity contribution in [3.63, 3.8) is 0 Å². The van der Waals surface area contributed by atoms with Gasteiger partial charge in [-0.2, -0.15) is 0 Å². The van der Waals surface area contributed by atoms with Gasteiger partial charge in [0.1, 0.15) is 5.82 Å². The molecule has 17 heavy (non-hydrogen) atoms. The molecule has 3 rings (SSSR count). The summed E-state index contributed by atoms with van der Waals surface area (Å²) in [5.41, 5.74) is 1.63. The zero-order valence-electron chi connectivity index (χ0n) is 9.27. The fraction of sp³-hybridized carbons (Fsp3) is 0.500. The van der Waals surface area contributed by atoms with E-state index in [0.29, 0.717) is 30.0 Å². The topological polar surface area (TPSA) is 80.2 Å². The SMILES string of the molecule is O=C(O)Cc1nc(C2CC2)nc2c1C(=O)CC2. The van der Waals surface area contributed by atoms with E-state index in [9.17, 15) is 9.59 Å². The first-order valence-electron chi connectivity index (χ1n) is 5.80. The summed E-state index contributed by atoms with van der Waals surface area (Å²) >= 11 is 0. The molecule has 0 saturated heterocycles. The zero-order chi connectivity index (χ0) is 12.0. The maximum absolute atomic E-state index is 11.7. The van der Waals surface area contributed by atoms with Gasteiger partial charge in [0.25, 0.3) is 0 Å². The summed E-state index contributed by atoms with van der Waals surface area (Å²) in [6.07, 6.45) is 3.02. The van der Waals surface area contributed by atoms with Crippen LogP contribution in [0.5, 0.6) is 0 Å². The van der Waals surface area contributed by atoms with Gasteiger partial charge in [-0.15, -0.1) is 0 Å². The lowest BCUT2D eigenvalue weighted by Crippen LogP contribution is -2.12. The second-order valence-corrected chi connectivity index (χ2v) is 4.62. The van der Waals surface area contributed by atoms with Crippen molar-refractivity contribution in [2.45, 2.75) is 38.0 Å². The van der Waals surface area contributed by atoms with Crippen LogP contribution in [0.1, 0.15) is 52.8 Å². The molecule has 1 N–H and O–H groups in total. The van der Waals surface area contributed by atoms with E-state index in [4.69, 9.17) is 5.11 Å². The Labute approximate surface area is 97.9 Å². The van der Waals surface area contributed by atoms with Crippen molar-refractivity contribution in [3.05, 3.63) is 22.8 Å². The first kappa shape index (κ1) is 10.4. The van der Waals surface area contributed by atoms with Crippen molar-refractivity contribution in [2.75, 3.05) is 0 Å². The standard InChI is InChI=1S/C12H12N2O3/c15-9-4-3-7-11(9)8(5-10(16)17)14-12(13-7)6-1-2-6/h6H,1-5H2,(H,16,17). The number of carboxylic acid groups (broad SMARTS) is 1. The van der Waals surface area contributed by atoms with Gasteiger partial charge in [-0.25, -0.2) is 9.97 Å². The summed E-state index contributed by atoms with van der Waals surface area (Å²) in [6, 6.07) is 0. The van der Waals surface area contributed by atoms with Crippen molar-refractivity contribution in [3.8, 4) is 0 Å². The molecule has 0 atom stereocenters. The van der Waals surface area contributed by atoms with E-state index in [1.54, 1.807) is 0 Å². The lowest BCUT2D eigenvalue weighted by Gasteiger charge is -2.06. The van der Waals surface area contributed by atoms with Crippen LogP contribution >= 0.6 is 0 Å². The number of ketones is 1. The third-order valence-electron chi connectivity index (χ3n) is 3.21. The fourth-order valence-electron chi connectivity index (χ4n) is 2.23. The van der Waals surface area contributed by atoms with Crippen LogP contribution in [0.3, 0.4) is 0 Å². The monoisotopic (exact) mass is 232 g/mol. The van der Waals surface area contributed by atoms with Gasteiger partial charge in [0.05, 0.1) is 23.4 Å². The molecule has 0 spiro atoms. The summed E-state index contributed by atoms with van der Waals surface area (Å²) in [4.78, 5) is 31.2. The molecule has 1 heterocycles. The number of aliphatic carboxylic acids is 1. The predicted octanol–water partition coefficient (Wildman–Crippen LogP) is 1.11. The van der Waals surface area contributed by atoms with Crippen LogP contribution in [-0.4, -0.2) is 26.8 Å². The quantitative estimate of drug-likeness (QED) is 0.844. The molecular formula is C12H12N2O3. The molecule has 1 fully saturated rings.